The zero-order chi connectivity index (χ0) is 18.8. The fourth-order valence-electron chi connectivity index (χ4n) is 2.33. The Hall–Kier alpha value is -2.91. The molecule has 1 fully saturated rings. The fraction of sp³-hybridized carbons (Fsp3) is 0.0588. The molecule has 2 aromatic carbocycles. The lowest BCUT2D eigenvalue weighted by Gasteiger charge is -2.14. The Bertz CT molecular complexity index is 941. The van der Waals surface area contributed by atoms with Crippen LogP contribution in [0.3, 0.4) is 0 Å². The minimum absolute atomic E-state index is 0.00593. The number of aromatic hydroxyl groups is 1. The number of nitro groups is 1. The lowest BCUT2D eigenvalue weighted by atomic mass is 10.1. The van der Waals surface area contributed by atoms with Crippen LogP contribution in [0.25, 0.3) is 6.08 Å². The summed E-state index contributed by atoms with van der Waals surface area (Å²) in [5.74, 6) is 0.183. The van der Waals surface area contributed by atoms with Crippen molar-refractivity contribution >= 4 is 51.7 Å². The number of rotatable bonds is 4. The number of benzene rings is 2. The highest BCUT2D eigenvalue weighted by Crippen LogP contribution is 2.37. The second-order valence-corrected chi connectivity index (χ2v) is 6.89. The molecule has 1 N–H and O–H groups in total. The van der Waals surface area contributed by atoms with Crippen LogP contribution < -0.4 is 9.64 Å². The van der Waals surface area contributed by atoms with Gasteiger partial charge in [0.15, 0.2) is 4.32 Å². The first-order chi connectivity index (χ1) is 12.4. The summed E-state index contributed by atoms with van der Waals surface area (Å²) in [5, 5.41) is 20.7. The lowest BCUT2D eigenvalue weighted by Crippen LogP contribution is -2.27. The Morgan fingerprint density at radius 2 is 1.96 bits per heavy atom. The standard InChI is InChI=1S/C17H12N2O5S2/c1-24-13-6-7-14(20)10(8-13)9-15-16(21)18(17(25)26-15)11-2-4-12(5-3-11)19(22)23/h2-9,20H,1H3/b15-9+. The van der Waals surface area contributed by atoms with Crippen molar-refractivity contribution in [1.82, 2.24) is 0 Å². The van der Waals surface area contributed by atoms with Gasteiger partial charge in [-0.05, 0) is 36.4 Å². The third-order valence-corrected chi connectivity index (χ3v) is 4.94. The van der Waals surface area contributed by atoms with Gasteiger partial charge in [0.05, 0.1) is 22.6 Å². The highest BCUT2D eigenvalue weighted by atomic mass is 32.2. The maximum atomic E-state index is 12.7. The third-order valence-electron chi connectivity index (χ3n) is 3.63. The quantitative estimate of drug-likeness (QED) is 0.369. The lowest BCUT2D eigenvalue weighted by molar-refractivity contribution is -0.384. The van der Waals surface area contributed by atoms with Crippen LogP contribution >= 0.6 is 24.0 Å². The number of ether oxygens (including phenoxy) is 1. The molecule has 0 saturated carbocycles. The van der Waals surface area contributed by atoms with Gasteiger partial charge in [-0.25, -0.2) is 0 Å². The van der Waals surface area contributed by atoms with Gasteiger partial charge in [0.25, 0.3) is 11.6 Å². The van der Waals surface area contributed by atoms with E-state index in [0.29, 0.717) is 26.2 Å². The SMILES string of the molecule is COc1ccc(O)c(/C=C2/SC(=S)N(c3ccc([N+](=O)[O-])cc3)C2=O)c1. The van der Waals surface area contributed by atoms with Gasteiger partial charge in [0, 0.05) is 17.7 Å². The zero-order valence-electron chi connectivity index (χ0n) is 13.4. The maximum Gasteiger partial charge on any atom is 0.270 e. The van der Waals surface area contributed by atoms with E-state index < -0.39 is 4.92 Å². The average molecular weight is 388 g/mol. The van der Waals surface area contributed by atoms with Crippen molar-refractivity contribution in [2.24, 2.45) is 0 Å². The summed E-state index contributed by atoms with van der Waals surface area (Å²) in [4.78, 5) is 24.6. The number of amides is 1. The number of carbonyl (C=O) groups excluding carboxylic acids is 1. The third kappa shape index (κ3) is 3.39. The summed E-state index contributed by atoms with van der Waals surface area (Å²) in [7, 11) is 1.50. The summed E-state index contributed by atoms with van der Waals surface area (Å²) >= 11 is 6.35. The molecule has 1 amide bonds. The van der Waals surface area contributed by atoms with Crippen molar-refractivity contribution in [2.45, 2.75) is 0 Å². The average Bonchev–Trinajstić information content (AvgIpc) is 2.90. The van der Waals surface area contributed by atoms with Crippen LogP contribution in [0, 0.1) is 10.1 Å². The highest BCUT2D eigenvalue weighted by Gasteiger charge is 2.33. The smallest absolute Gasteiger partial charge is 0.270 e. The van der Waals surface area contributed by atoms with Crippen LogP contribution in [0.4, 0.5) is 11.4 Å². The maximum absolute atomic E-state index is 12.7. The van der Waals surface area contributed by atoms with Crippen LogP contribution in [-0.4, -0.2) is 27.4 Å². The minimum Gasteiger partial charge on any atom is -0.507 e. The van der Waals surface area contributed by atoms with Crippen LogP contribution in [0.2, 0.25) is 0 Å². The van der Waals surface area contributed by atoms with Gasteiger partial charge >= 0.3 is 0 Å². The molecule has 1 aliphatic heterocycles. The van der Waals surface area contributed by atoms with Crippen molar-refractivity contribution in [3.05, 3.63) is 63.0 Å². The van der Waals surface area contributed by atoms with Gasteiger partial charge in [0.2, 0.25) is 0 Å². The van der Waals surface area contributed by atoms with Gasteiger partial charge in [-0.1, -0.05) is 24.0 Å². The molecule has 0 spiro atoms. The highest BCUT2D eigenvalue weighted by molar-refractivity contribution is 8.27. The van der Waals surface area contributed by atoms with Gasteiger partial charge < -0.3 is 9.84 Å². The number of hydrogen-bond donors (Lipinski definition) is 1. The van der Waals surface area contributed by atoms with Crippen molar-refractivity contribution in [1.29, 1.82) is 0 Å². The molecule has 0 aliphatic carbocycles. The van der Waals surface area contributed by atoms with Gasteiger partial charge in [-0.3, -0.25) is 19.8 Å². The van der Waals surface area contributed by atoms with Gasteiger partial charge in [-0.2, -0.15) is 0 Å². The molecule has 0 unspecified atom stereocenters. The van der Waals surface area contributed by atoms with Crippen LogP contribution in [-0.2, 0) is 4.79 Å². The molecule has 2 aromatic rings. The first kappa shape index (κ1) is 17.9. The van der Waals surface area contributed by atoms with Crippen molar-refractivity contribution < 1.29 is 19.6 Å². The van der Waals surface area contributed by atoms with E-state index in [1.807, 2.05) is 0 Å². The van der Waals surface area contributed by atoms with E-state index in [-0.39, 0.29) is 17.3 Å². The van der Waals surface area contributed by atoms with Gasteiger partial charge in [0.1, 0.15) is 11.5 Å². The van der Waals surface area contributed by atoms with Crippen LogP contribution in [0.1, 0.15) is 5.56 Å². The van der Waals surface area contributed by atoms with E-state index in [2.05, 4.69) is 0 Å². The molecular weight excluding hydrogens is 376 g/mol. The molecule has 9 heteroatoms. The number of phenolic OH excluding ortho intramolecular Hbond substituents is 1. The molecule has 0 bridgehead atoms. The molecular formula is C17H12N2O5S2. The van der Waals surface area contributed by atoms with E-state index in [1.54, 1.807) is 12.1 Å². The molecule has 0 atom stereocenters. The zero-order valence-corrected chi connectivity index (χ0v) is 15.0. The molecule has 1 heterocycles. The largest absolute Gasteiger partial charge is 0.507 e. The molecule has 0 radical (unpaired) electrons. The second kappa shape index (κ2) is 7.14. The Balaban J connectivity index is 1.93. The molecule has 3 rings (SSSR count). The van der Waals surface area contributed by atoms with Crippen molar-refractivity contribution in [3.63, 3.8) is 0 Å². The number of hydrogen-bond acceptors (Lipinski definition) is 7. The monoisotopic (exact) mass is 388 g/mol. The number of thioether (sulfide) groups is 1. The Morgan fingerprint density at radius 1 is 1.27 bits per heavy atom. The van der Waals surface area contributed by atoms with E-state index in [9.17, 15) is 20.0 Å². The van der Waals surface area contributed by atoms with E-state index in [4.69, 9.17) is 17.0 Å². The van der Waals surface area contributed by atoms with E-state index in [0.717, 1.165) is 11.8 Å². The number of non-ortho nitro benzene ring substituents is 1. The number of phenols is 1. The molecule has 1 aliphatic rings. The Morgan fingerprint density at radius 3 is 2.58 bits per heavy atom. The molecule has 132 valence electrons. The summed E-state index contributed by atoms with van der Waals surface area (Å²) in [6.07, 6.45) is 1.53. The number of methoxy groups -OCH3 is 1. The van der Waals surface area contributed by atoms with Crippen LogP contribution in [0.5, 0.6) is 11.5 Å². The summed E-state index contributed by atoms with van der Waals surface area (Å²) in [6.45, 7) is 0. The van der Waals surface area contributed by atoms with E-state index >= 15 is 0 Å². The van der Waals surface area contributed by atoms with Gasteiger partial charge in [-0.15, -0.1) is 0 Å². The molecule has 7 nitrogen and oxygen atoms in total. The molecule has 26 heavy (non-hydrogen) atoms. The summed E-state index contributed by atoms with van der Waals surface area (Å²) < 4.78 is 5.42. The predicted octanol–water partition coefficient (Wildman–Crippen LogP) is 3.71. The first-order valence-electron chi connectivity index (χ1n) is 7.30. The molecule has 0 aromatic heterocycles. The normalized spacial score (nSPS) is 15.6. The number of nitrogens with zero attached hydrogens (tertiary/aromatic N) is 2. The number of anilines is 1. The minimum atomic E-state index is -0.514. The van der Waals surface area contributed by atoms with Crippen molar-refractivity contribution in [2.75, 3.05) is 12.0 Å². The number of thiocarbonyl (C=S) groups is 1. The second-order valence-electron chi connectivity index (χ2n) is 5.22. The predicted molar refractivity (Wildman–Crippen MR) is 103 cm³/mol. The molecule has 1 saturated heterocycles. The summed E-state index contributed by atoms with van der Waals surface area (Å²) in [6, 6.07) is 10.2. The number of carbonyl (C=O) groups is 1. The Labute approximate surface area is 158 Å². The van der Waals surface area contributed by atoms with Crippen LogP contribution in [0.15, 0.2) is 47.4 Å². The Kier molecular flexibility index (Phi) is 4.92. The summed E-state index contributed by atoms with van der Waals surface area (Å²) in [5.41, 5.74) is 0.793. The van der Waals surface area contributed by atoms with E-state index in [1.165, 1.54) is 48.4 Å². The first-order valence-corrected chi connectivity index (χ1v) is 8.52. The van der Waals surface area contributed by atoms with Crippen molar-refractivity contribution in [3.8, 4) is 11.5 Å². The topological polar surface area (TPSA) is 92.9 Å². The number of nitro benzene ring substituents is 1. The fourth-order valence-corrected chi connectivity index (χ4v) is 3.62.